The lowest BCUT2D eigenvalue weighted by Crippen LogP contribution is -2.14. The fourth-order valence-corrected chi connectivity index (χ4v) is 2.20. The molecule has 0 spiro atoms. The standard InChI is InChI=1S/C16H34O.C2H6O2/c1-5-9-11-15(7-3)13-17-14-16(8-4)12-10-6-2;3-1-2-4/h15-16H,5-14H2,1-4H3;3-4H,1-2H2. The van der Waals surface area contributed by atoms with Crippen LogP contribution in [0.2, 0.25) is 0 Å². The van der Waals surface area contributed by atoms with Crippen LogP contribution >= 0.6 is 0 Å². The van der Waals surface area contributed by atoms with Crippen molar-refractivity contribution in [3.63, 3.8) is 0 Å². The van der Waals surface area contributed by atoms with E-state index in [4.69, 9.17) is 14.9 Å². The van der Waals surface area contributed by atoms with Crippen LogP contribution in [0.1, 0.15) is 79.1 Å². The Bertz CT molecular complexity index is 156. The molecule has 21 heavy (non-hydrogen) atoms. The number of aliphatic hydroxyl groups is 2. The van der Waals surface area contributed by atoms with Crippen LogP contribution in [0.15, 0.2) is 0 Å². The first kappa shape index (κ1) is 23.2. The van der Waals surface area contributed by atoms with E-state index in [1.165, 1.54) is 51.4 Å². The molecule has 2 N–H and O–H groups in total. The van der Waals surface area contributed by atoms with E-state index in [0.717, 1.165) is 25.0 Å². The lowest BCUT2D eigenvalue weighted by atomic mass is 9.99. The first-order valence-corrected chi connectivity index (χ1v) is 8.99. The molecule has 0 radical (unpaired) electrons. The van der Waals surface area contributed by atoms with Crippen LogP contribution in [0.25, 0.3) is 0 Å². The number of aliphatic hydroxyl groups excluding tert-OH is 2. The highest BCUT2D eigenvalue weighted by atomic mass is 16.5. The predicted octanol–water partition coefficient (Wildman–Crippen LogP) is 4.41. The van der Waals surface area contributed by atoms with Gasteiger partial charge in [0.15, 0.2) is 0 Å². The number of rotatable bonds is 13. The summed E-state index contributed by atoms with van der Waals surface area (Å²) < 4.78 is 5.93. The highest BCUT2D eigenvalue weighted by molar-refractivity contribution is 4.59. The van der Waals surface area contributed by atoms with Crippen LogP contribution in [0.5, 0.6) is 0 Å². The molecule has 3 heteroatoms. The fourth-order valence-electron chi connectivity index (χ4n) is 2.20. The summed E-state index contributed by atoms with van der Waals surface area (Å²) in [4.78, 5) is 0. The lowest BCUT2D eigenvalue weighted by Gasteiger charge is -2.18. The molecule has 0 aromatic rings. The van der Waals surface area contributed by atoms with Crippen molar-refractivity contribution >= 4 is 0 Å². The van der Waals surface area contributed by atoms with Gasteiger partial charge in [-0.3, -0.25) is 0 Å². The molecule has 0 heterocycles. The molecule has 0 aliphatic rings. The topological polar surface area (TPSA) is 49.7 Å². The summed E-state index contributed by atoms with van der Waals surface area (Å²) in [6, 6.07) is 0. The van der Waals surface area contributed by atoms with E-state index >= 15 is 0 Å². The maximum atomic E-state index is 7.62. The summed E-state index contributed by atoms with van der Waals surface area (Å²) in [5.41, 5.74) is 0. The molecule has 0 aliphatic heterocycles. The molecule has 2 atom stereocenters. The minimum atomic E-state index is -0.125. The summed E-state index contributed by atoms with van der Waals surface area (Å²) in [5, 5.41) is 15.2. The monoisotopic (exact) mass is 304 g/mol. The van der Waals surface area contributed by atoms with Crippen molar-refractivity contribution in [3.8, 4) is 0 Å². The normalized spacial score (nSPS) is 13.4. The Balaban J connectivity index is 0. The zero-order valence-electron chi connectivity index (χ0n) is 14.9. The summed E-state index contributed by atoms with van der Waals surface area (Å²) in [6.07, 6.45) is 10.6. The number of hydrogen-bond acceptors (Lipinski definition) is 3. The first-order valence-electron chi connectivity index (χ1n) is 8.99. The number of hydrogen-bond donors (Lipinski definition) is 2. The highest BCUT2D eigenvalue weighted by Gasteiger charge is 2.09. The molecular formula is C18H40O3. The molecule has 0 aromatic heterocycles. The van der Waals surface area contributed by atoms with Crippen molar-refractivity contribution in [2.45, 2.75) is 79.1 Å². The van der Waals surface area contributed by atoms with E-state index in [0.29, 0.717) is 0 Å². The quantitative estimate of drug-likeness (QED) is 0.530. The second kappa shape index (κ2) is 19.9. The van der Waals surface area contributed by atoms with Gasteiger partial charge < -0.3 is 14.9 Å². The zero-order chi connectivity index (χ0) is 16.3. The van der Waals surface area contributed by atoms with Gasteiger partial charge in [-0.15, -0.1) is 0 Å². The molecule has 0 saturated carbocycles. The molecule has 0 saturated heterocycles. The Morgan fingerprint density at radius 2 is 1.10 bits per heavy atom. The van der Waals surface area contributed by atoms with Crippen molar-refractivity contribution in [2.24, 2.45) is 11.8 Å². The Hall–Kier alpha value is -0.120. The van der Waals surface area contributed by atoms with Gasteiger partial charge in [-0.1, -0.05) is 66.2 Å². The lowest BCUT2D eigenvalue weighted by molar-refractivity contribution is 0.0630. The van der Waals surface area contributed by atoms with Crippen LogP contribution in [-0.2, 0) is 4.74 Å². The van der Waals surface area contributed by atoms with Crippen LogP contribution in [-0.4, -0.2) is 36.6 Å². The Morgan fingerprint density at radius 3 is 1.33 bits per heavy atom. The average Bonchev–Trinajstić information content (AvgIpc) is 2.53. The van der Waals surface area contributed by atoms with Crippen molar-refractivity contribution in [1.82, 2.24) is 0 Å². The summed E-state index contributed by atoms with van der Waals surface area (Å²) in [6.45, 7) is 10.8. The maximum absolute atomic E-state index is 7.62. The third kappa shape index (κ3) is 17.8. The molecule has 3 nitrogen and oxygen atoms in total. The van der Waals surface area contributed by atoms with E-state index in [1.807, 2.05) is 0 Å². The number of unbranched alkanes of at least 4 members (excludes halogenated alkanes) is 2. The molecule has 0 amide bonds. The Morgan fingerprint density at radius 1 is 0.714 bits per heavy atom. The SMILES string of the molecule is CCCCC(CC)COCC(CC)CCCC.OCCO. The Labute approximate surface area is 133 Å². The van der Waals surface area contributed by atoms with Crippen molar-refractivity contribution in [1.29, 1.82) is 0 Å². The summed E-state index contributed by atoms with van der Waals surface area (Å²) in [7, 11) is 0. The van der Waals surface area contributed by atoms with Gasteiger partial charge in [0, 0.05) is 13.2 Å². The zero-order valence-corrected chi connectivity index (χ0v) is 14.9. The second-order valence-electron chi connectivity index (χ2n) is 5.82. The van der Waals surface area contributed by atoms with Gasteiger partial charge in [0.1, 0.15) is 0 Å². The van der Waals surface area contributed by atoms with E-state index in [9.17, 15) is 0 Å². The third-order valence-electron chi connectivity index (χ3n) is 3.89. The minimum Gasteiger partial charge on any atom is -0.394 e. The van der Waals surface area contributed by atoms with Crippen LogP contribution in [0, 0.1) is 11.8 Å². The van der Waals surface area contributed by atoms with Gasteiger partial charge in [0.2, 0.25) is 0 Å². The van der Waals surface area contributed by atoms with Gasteiger partial charge in [-0.05, 0) is 24.7 Å². The highest BCUT2D eigenvalue weighted by Crippen LogP contribution is 2.16. The van der Waals surface area contributed by atoms with Crippen LogP contribution in [0.4, 0.5) is 0 Å². The van der Waals surface area contributed by atoms with E-state index < -0.39 is 0 Å². The van der Waals surface area contributed by atoms with Gasteiger partial charge in [-0.2, -0.15) is 0 Å². The number of ether oxygens (including phenoxy) is 1. The minimum absolute atomic E-state index is 0.125. The van der Waals surface area contributed by atoms with Crippen molar-refractivity contribution in [2.75, 3.05) is 26.4 Å². The molecule has 0 aromatic carbocycles. The van der Waals surface area contributed by atoms with Crippen molar-refractivity contribution in [3.05, 3.63) is 0 Å². The predicted molar refractivity (Wildman–Crippen MR) is 91.6 cm³/mol. The maximum Gasteiger partial charge on any atom is 0.0662 e. The fraction of sp³-hybridized carbons (Fsp3) is 1.00. The molecule has 2 unspecified atom stereocenters. The van der Waals surface area contributed by atoms with Gasteiger partial charge in [0.05, 0.1) is 13.2 Å². The molecular weight excluding hydrogens is 264 g/mol. The summed E-state index contributed by atoms with van der Waals surface area (Å²) in [5.74, 6) is 1.58. The first-order chi connectivity index (χ1) is 10.2. The molecule has 0 rings (SSSR count). The van der Waals surface area contributed by atoms with Crippen LogP contribution < -0.4 is 0 Å². The van der Waals surface area contributed by atoms with E-state index in [1.54, 1.807) is 0 Å². The molecule has 0 bridgehead atoms. The van der Waals surface area contributed by atoms with Crippen molar-refractivity contribution < 1.29 is 14.9 Å². The smallest absolute Gasteiger partial charge is 0.0662 e. The average molecular weight is 305 g/mol. The van der Waals surface area contributed by atoms with Gasteiger partial charge in [-0.25, -0.2) is 0 Å². The van der Waals surface area contributed by atoms with Crippen LogP contribution in [0.3, 0.4) is 0 Å². The molecule has 130 valence electrons. The third-order valence-corrected chi connectivity index (χ3v) is 3.89. The largest absolute Gasteiger partial charge is 0.394 e. The van der Waals surface area contributed by atoms with Gasteiger partial charge >= 0.3 is 0 Å². The van der Waals surface area contributed by atoms with E-state index in [-0.39, 0.29) is 13.2 Å². The van der Waals surface area contributed by atoms with E-state index in [2.05, 4.69) is 27.7 Å². The molecule has 0 aliphatic carbocycles. The summed E-state index contributed by atoms with van der Waals surface area (Å²) >= 11 is 0. The molecule has 0 fully saturated rings. The second-order valence-corrected chi connectivity index (χ2v) is 5.82. The van der Waals surface area contributed by atoms with Gasteiger partial charge in [0.25, 0.3) is 0 Å². The Kier molecular flexibility index (Phi) is 21.9.